The van der Waals surface area contributed by atoms with Crippen molar-refractivity contribution >= 4 is 39.0 Å². The predicted molar refractivity (Wildman–Crippen MR) is 162 cm³/mol. The van der Waals surface area contributed by atoms with Crippen LogP contribution in [0.2, 0.25) is 0 Å². The molecule has 8 heteroatoms. The van der Waals surface area contributed by atoms with Gasteiger partial charge in [-0.1, -0.05) is 62.0 Å². The number of aromatic amines is 1. The second-order valence-corrected chi connectivity index (χ2v) is 15.9. The summed E-state index contributed by atoms with van der Waals surface area (Å²) in [5, 5.41) is 32.0. The first-order valence-electron chi connectivity index (χ1n) is 15.0. The molecule has 1 aromatic carbocycles. The van der Waals surface area contributed by atoms with Crippen molar-refractivity contribution in [3.63, 3.8) is 0 Å². The molecule has 0 amide bonds. The zero-order valence-corrected chi connectivity index (χ0v) is 25.2. The molecule has 3 saturated carbocycles. The molecule has 3 fully saturated rings. The van der Waals surface area contributed by atoms with Crippen molar-refractivity contribution in [2.24, 2.45) is 33.5 Å². The number of hydrogen-bond donors (Lipinski definition) is 3. The van der Waals surface area contributed by atoms with E-state index < -0.39 is 11.0 Å². The van der Waals surface area contributed by atoms with Crippen LogP contribution in [0, 0.1) is 33.5 Å². The van der Waals surface area contributed by atoms with Gasteiger partial charge in [0.05, 0.1) is 16.6 Å². The number of rotatable bonds is 5. The van der Waals surface area contributed by atoms with Crippen LogP contribution in [0.15, 0.2) is 65.6 Å². The fourth-order valence-corrected chi connectivity index (χ4v) is 12.4. The van der Waals surface area contributed by atoms with Crippen molar-refractivity contribution in [1.29, 1.82) is 0 Å². The summed E-state index contributed by atoms with van der Waals surface area (Å²) in [6.45, 7) is 4.72. The maximum absolute atomic E-state index is 14.8. The molecule has 1 unspecified atom stereocenters. The Morgan fingerprint density at radius 3 is 2.68 bits per heavy atom. The smallest absolute Gasteiger partial charge is 0.199 e. The monoisotopic (exact) mass is 587 g/mol. The molecule has 2 aromatic heterocycles. The van der Waals surface area contributed by atoms with E-state index in [0.29, 0.717) is 24.5 Å². The second-order valence-electron chi connectivity index (χ2n) is 13.9. The van der Waals surface area contributed by atoms with Crippen molar-refractivity contribution in [2.45, 2.75) is 75.7 Å². The molecule has 6 nitrogen and oxygen atoms in total. The van der Waals surface area contributed by atoms with Crippen molar-refractivity contribution in [3.05, 3.63) is 65.3 Å². The molecule has 6 aliphatic rings. The van der Waals surface area contributed by atoms with Crippen LogP contribution in [0.25, 0.3) is 10.1 Å². The van der Waals surface area contributed by atoms with E-state index in [0.717, 1.165) is 57.8 Å². The van der Waals surface area contributed by atoms with E-state index >= 15 is 0 Å². The summed E-state index contributed by atoms with van der Waals surface area (Å²) in [5.41, 5.74) is -1.07. The van der Waals surface area contributed by atoms with Gasteiger partial charge in [-0.15, -0.1) is 11.3 Å². The molecular weight excluding hydrogens is 551 g/mol. The van der Waals surface area contributed by atoms with E-state index in [9.17, 15) is 15.0 Å². The van der Waals surface area contributed by atoms with Crippen LogP contribution in [0.4, 0.5) is 0 Å². The first-order valence-corrected chi connectivity index (χ1v) is 16.8. The number of benzene rings is 1. The van der Waals surface area contributed by atoms with Crippen LogP contribution in [0.3, 0.4) is 0 Å². The highest BCUT2D eigenvalue weighted by atomic mass is 32.2. The maximum atomic E-state index is 14.8. The van der Waals surface area contributed by atoms with E-state index in [4.69, 9.17) is 0 Å². The summed E-state index contributed by atoms with van der Waals surface area (Å²) in [7, 11) is 0. The summed E-state index contributed by atoms with van der Waals surface area (Å²) < 4.78 is 1.13. The summed E-state index contributed by atoms with van der Waals surface area (Å²) in [6, 6.07) is 10.3. The molecule has 214 valence electrons. The lowest BCUT2D eigenvalue weighted by Crippen LogP contribution is -2.67. The molecule has 0 radical (unpaired) electrons. The minimum absolute atomic E-state index is 0.0262. The zero-order chi connectivity index (χ0) is 28.3. The predicted octanol–water partition coefficient (Wildman–Crippen LogP) is 6.59. The van der Waals surface area contributed by atoms with Crippen LogP contribution in [-0.4, -0.2) is 48.6 Å². The number of Topliss-reactive ketones (excluding diaryl/α,β-unsaturated/α-hetero) is 1. The number of carbonyl (C=O) groups excluding carboxylic acids is 1. The van der Waals surface area contributed by atoms with Gasteiger partial charge in [-0.3, -0.25) is 9.89 Å². The number of thiophene rings is 1. The number of carbonyl (C=O) groups is 1. The quantitative estimate of drug-likeness (QED) is 0.177. The standard InChI is InChI=1S/C33H37N3O3S2/c1-29-10-7-21(37)16-31(29)13-14-33(22(17-31)27(38)24-15-20-5-3-4-6-23(20)41-24)25(29)8-11-30(2)26(33)9-12-32(30,39)18-40-28-34-19-35-36-28/h3-6,13-15,17,19,21,25-26,37,39H,7-12,16,18H2,1-2H3,(H,34,35,36)/t21?,25-,26-,29-,30+,31+,32-,33-/m1/s1. The number of aliphatic hydroxyl groups is 2. The lowest BCUT2D eigenvalue weighted by Gasteiger charge is -2.71. The van der Waals surface area contributed by atoms with Gasteiger partial charge in [-0.05, 0) is 79.7 Å². The largest absolute Gasteiger partial charge is 0.393 e. The molecule has 0 saturated heterocycles. The minimum Gasteiger partial charge on any atom is -0.393 e. The summed E-state index contributed by atoms with van der Waals surface area (Å²) in [5.74, 6) is 1.14. The summed E-state index contributed by atoms with van der Waals surface area (Å²) >= 11 is 3.13. The molecule has 6 aliphatic carbocycles. The number of allylic oxidation sites excluding steroid dienone is 4. The molecule has 2 bridgehead atoms. The third kappa shape index (κ3) is 3.31. The van der Waals surface area contributed by atoms with E-state index in [2.05, 4.69) is 65.5 Å². The van der Waals surface area contributed by atoms with Crippen LogP contribution in [-0.2, 0) is 0 Å². The average Bonchev–Trinajstić information content (AvgIpc) is 3.70. The van der Waals surface area contributed by atoms with Crippen molar-refractivity contribution in [1.82, 2.24) is 15.2 Å². The number of aromatic nitrogens is 3. The first kappa shape index (κ1) is 26.4. The SMILES string of the molecule is C[C@]12CC[C@H]3[C@]4(C=C[C@@]5(C=C4C(=O)c4cc6ccccc6s4)CC(O)CC[C@]35C)[C@@H]1CC[C@@]2(O)CSc1ncn[nH]1. The van der Waals surface area contributed by atoms with Crippen LogP contribution < -0.4 is 0 Å². The Kier molecular flexibility index (Phi) is 5.56. The van der Waals surface area contributed by atoms with Crippen LogP contribution in [0.1, 0.15) is 68.5 Å². The number of ketones is 1. The molecular formula is C33H37N3O3S2. The third-order valence-corrected chi connectivity index (χ3v) is 14.7. The second kappa shape index (κ2) is 8.65. The fourth-order valence-electron chi connectivity index (χ4n) is 10.3. The van der Waals surface area contributed by atoms with Gasteiger partial charge in [0, 0.05) is 32.3 Å². The lowest BCUT2D eigenvalue weighted by molar-refractivity contribution is -0.166. The minimum atomic E-state index is -0.871. The van der Waals surface area contributed by atoms with E-state index in [1.165, 1.54) is 6.33 Å². The Morgan fingerprint density at radius 1 is 1.10 bits per heavy atom. The summed E-state index contributed by atoms with van der Waals surface area (Å²) in [6.07, 6.45) is 14.2. The normalized spacial score (nSPS) is 42.5. The molecule has 9 rings (SSSR count). The van der Waals surface area contributed by atoms with Gasteiger partial charge < -0.3 is 10.2 Å². The number of nitrogens with one attached hydrogen (secondary N) is 1. The van der Waals surface area contributed by atoms with Gasteiger partial charge in [-0.2, -0.15) is 5.10 Å². The van der Waals surface area contributed by atoms with Gasteiger partial charge in [0.2, 0.25) is 0 Å². The topological polar surface area (TPSA) is 99.1 Å². The van der Waals surface area contributed by atoms with Crippen molar-refractivity contribution < 1.29 is 15.0 Å². The highest BCUT2D eigenvalue weighted by molar-refractivity contribution is 7.99. The Morgan fingerprint density at radius 2 is 1.88 bits per heavy atom. The van der Waals surface area contributed by atoms with E-state index in [1.54, 1.807) is 23.1 Å². The number of hydrogen-bond acceptors (Lipinski definition) is 7. The Hall–Kier alpha value is -2.26. The van der Waals surface area contributed by atoms with E-state index in [1.807, 2.05) is 12.1 Å². The highest BCUT2D eigenvalue weighted by Crippen LogP contribution is 2.78. The molecule has 41 heavy (non-hydrogen) atoms. The summed E-state index contributed by atoms with van der Waals surface area (Å²) in [4.78, 5) is 19.8. The van der Waals surface area contributed by atoms with Crippen LogP contribution in [0.5, 0.6) is 0 Å². The van der Waals surface area contributed by atoms with Crippen molar-refractivity contribution in [2.75, 3.05) is 5.75 Å². The molecule has 2 spiro atoms. The third-order valence-electron chi connectivity index (χ3n) is 12.4. The number of thioether (sulfide) groups is 1. The van der Waals surface area contributed by atoms with Gasteiger partial charge in [0.15, 0.2) is 10.9 Å². The number of nitrogens with zero attached hydrogens (tertiary/aromatic N) is 2. The fraction of sp³-hybridized carbons (Fsp3) is 0.545. The molecule has 3 aromatic rings. The Bertz CT molecular complexity index is 1580. The molecule has 3 N–H and O–H groups in total. The van der Waals surface area contributed by atoms with Gasteiger partial charge in [-0.25, -0.2) is 4.98 Å². The molecule has 0 aliphatic heterocycles. The Labute approximate surface area is 248 Å². The lowest BCUT2D eigenvalue weighted by atomic mass is 9.33. The molecule has 2 heterocycles. The van der Waals surface area contributed by atoms with Crippen molar-refractivity contribution in [3.8, 4) is 0 Å². The van der Waals surface area contributed by atoms with E-state index in [-0.39, 0.29) is 34.1 Å². The maximum Gasteiger partial charge on any atom is 0.199 e. The van der Waals surface area contributed by atoms with Gasteiger partial charge in [0.1, 0.15) is 6.33 Å². The number of H-pyrrole nitrogens is 1. The molecule has 8 atom stereocenters. The number of aliphatic hydroxyl groups excluding tert-OH is 1. The zero-order valence-electron chi connectivity index (χ0n) is 23.6. The van der Waals surface area contributed by atoms with Crippen LogP contribution >= 0.6 is 23.1 Å². The Balaban J connectivity index is 1.27. The van der Waals surface area contributed by atoms with Gasteiger partial charge in [0.25, 0.3) is 0 Å². The van der Waals surface area contributed by atoms with Gasteiger partial charge >= 0.3 is 0 Å². The first-order chi connectivity index (χ1) is 19.6. The highest BCUT2D eigenvalue weighted by Gasteiger charge is 2.74. The number of fused-ring (bicyclic) bond motifs is 2. The average molecular weight is 588 g/mol.